The van der Waals surface area contributed by atoms with Crippen LogP contribution in [-0.2, 0) is 10.3 Å². The molecule has 2 aromatic rings. The average Bonchev–Trinajstić information content (AvgIpc) is 2.37. The molecule has 0 amide bonds. The second kappa shape index (κ2) is 4.69. The van der Waals surface area contributed by atoms with Crippen molar-refractivity contribution in [3.05, 3.63) is 41.6 Å². The molecule has 0 saturated heterocycles. The van der Waals surface area contributed by atoms with Crippen molar-refractivity contribution in [1.29, 1.82) is 0 Å². The first-order valence-corrected chi connectivity index (χ1v) is 6.40. The van der Waals surface area contributed by atoms with Crippen LogP contribution in [0.4, 0.5) is 0 Å². The molecule has 18 heavy (non-hydrogen) atoms. The third-order valence-corrected chi connectivity index (χ3v) is 3.54. The molecule has 0 bridgehead atoms. The van der Waals surface area contributed by atoms with Gasteiger partial charge in [-0.25, -0.2) is 0 Å². The van der Waals surface area contributed by atoms with E-state index in [1.807, 2.05) is 12.3 Å². The molecule has 2 nitrogen and oxygen atoms in total. The summed E-state index contributed by atoms with van der Waals surface area (Å²) in [5.74, 6) is 0.437. The van der Waals surface area contributed by atoms with Gasteiger partial charge in [-0.15, -0.1) is 0 Å². The van der Waals surface area contributed by atoms with Crippen LogP contribution in [-0.4, -0.2) is 12.1 Å². The molecule has 0 atom stereocenters. The molecule has 2 rings (SSSR count). The Morgan fingerprint density at radius 1 is 1.17 bits per heavy atom. The molecule has 0 aliphatic rings. The molecular weight excluding hydrogens is 222 g/mol. The summed E-state index contributed by atoms with van der Waals surface area (Å²) in [5, 5.41) is 1.19. The number of methoxy groups -OCH3 is 1. The molecular formula is C16H21NO. The smallest absolute Gasteiger partial charge is 0.0881 e. The number of benzene rings is 1. The largest absolute Gasteiger partial charge is 0.374 e. The van der Waals surface area contributed by atoms with Gasteiger partial charge in [0.05, 0.1) is 11.1 Å². The van der Waals surface area contributed by atoms with Crippen LogP contribution in [0.25, 0.3) is 10.9 Å². The first kappa shape index (κ1) is 13.0. The maximum atomic E-state index is 5.69. The maximum absolute atomic E-state index is 5.69. The lowest BCUT2D eigenvalue weighted by Crippen LogP contribution is -2.22. The summed E-state index contributed by atoms with van der Waals surface area (Å²) in [4.78, 5) is 4.56. The van der Waals surface area contributed by atoms with Gasteiger partial charge >= 0.3 is 0 Å². The van der Waals surface area contributed by atoms with E-state index >= 15 is 0 Å². The normalized spacial score (nSPS) is 12.3. The van der Waals surface area contributed by atoms with Crippen LogP contribution in [0.5, 0.6) is 0 Å². The van der Waals surface area contributed by atoms with Crippen molar-refractivity contribution in [2.45, 2.75) is 39.2 Å². The Morgan fingerprint density at radius 2 is 1.83 bits per heavy atom. The lowest BCUT2D eigenvalue weighted by Gasteiger charge is -2.29. The monoisotopic (exact) mass is 243 g/mol. The molecule has 0 spiro atoms. The van der Waals surface area contributed by atoms with E-state index in [2.05, 4.69) is 50.9 Å². The van der Waals surface area contributed by atoms with Crippen LogP contribution in [0, 0.1) is 0 Å². The molecule has 0 radical (unpaired) electrons. The minimum Gasteiger partial charge on any atom is -0.374 e. The molecule has 2 heteroatoms. The van der Waals surface area contributed by atoms with E-state index in [4.69, 9.17) is 4.74 Å². The van der Waals surface area contributed by atoms with Crippen molar-refractivity contribution in [2.24, 2.45) is 0 Å². The molecule has 1 heterocycles. The fourth-order valence-corrected chi connectivity index (χ4v) is 2.37. The Morgan fingerprint density at radius 3 is 2.44 bits per heavy atom. The molecule has 1 aromatic heterocycles. The summed E-state index contributed by atoms with van der Waals surface area (Å²) >= 11 is 0. The number of ether oxygens (including phenoxy) is 1. The Hall–Kier alpha value is -1.41. The summed E-state index contributed by atoms with van der Waals surface area (Å²) in [6.45, 7) is 8.61. The minimum atomic E-state index is -0.303. The SMILES string of the molecule is COC(C)(C)c1c(C(C)C)cnc2ccccc12. The maximum Gasteiger partial charge on any atom is 0.0881 e. The van der Waals surface area contributed by atoms with Gasteiger partial charge in [0, 0.05) is 18.7 Å². The zero-order valence-electron chi connectivity index (χ0n) is 11.8. The Kier molecular flexibility index (Phi) is 3.40. The molecule has 1 aromatic carbocycles. The lowest BCUT2D eigenvalue weighted by molar-refractivity contribution is 0.0195. The van der Waals surface area contributed by atoms with E-state index in [9.17, 15) is 0 Å². The van der Waals surface area contributed by atoms with Gasteiger partial charge in [0.15, 0.2) is 0 Å². The van der Waals surface area contributed by atoms with Crippen molar-refractivity contribution in [3.8, 4) is 0 Å². The summed E-state index contributed by atoms with van der Waals surface area (Å²) in [6.07, 6.45) is 1.99. The molecule has 0 saturated carbocycles. The zero-order chi connectivity index (χ0) is 13.3. The predicted octanol–water partition coefficient (Wildman–Crippen LogP) is 4.24. The highest BCUT2D eigenvalue weighted by molar-refractivity contribution is 5.84. The van der Waals surface area contributed by atoms with Crippen LogP contribution in [0.3, 0.4) is 0 Å². The molecule has 96 valence electrons. The van der Waals surface area contributed by atoms with Crippen LogP contribution in [0.1, 0.15) is 44.7 Å². The van der Waals surface area contributed by atoms with Crippen molar-refractivity contribution in [3.63, 3.8) is 0 Å². The second-order valence-electron chi connectivity index (χ2n) is 5.47. The van der Waals surface area contributed by atoms with E-state index in [0.29, 0.717) is 5.92 Å². The van der Waals surface area contributed by atoms with Crippen LogP contribution < -0.4 is 0 Å². The summed E-state index contributed by atoms with van der Waals surface area (Å²) < 4.78 is 5.69. The summed E-state index contributed by atoms with van der Waals surface area (Å²) in [7, 11) is 1.76. The molecule has 0 N–H and O–H groups in total. The van der Waals surface area contributed by atoms with Crippen LogP contribution in [0.2, 0.25) is 0 Å². The van der Waals surface area contributed by atoms with Gasteiger partial charge in [0.1, 0.15) is 0 Å². The number of para-hydroxylation sites is 1. The summed E-state index contributed by atoms with van der Waals surface area (Å²) in [6, 6.07) is 8.26. The standard InChI is InChI=1S/C16H21NO/c1-11(2)13-10-17-14-9-7-6-8-12(14)15(13)16(3,4)18-5/h6-11H,1-5H3. The Balaban J connectivity index is 2.83. The Bertz CT molecular complexity index is 558. The fourth-order valence-electron chi connectivity index (χ4n) is 2.37. The number of hydrogen-bond acceptors (Lipinski definition) is 2. The first-order chi connectivity index (χ1) is 8.47. The number of hydrogen-bond donors (Lipinski definition) is 0. The van der Waals surface area contributed by atoms with Crippen LogP contribution >= 0.6 is 0 Å². The fraction of sp³-hybridized carbons (Fsp3) is 0.438. The van der Waals surface area contributed by atoms with Gasteiger partial charge in [0.25, 0.3) is 0 Å². The highest BCUT2D eigenvalue weighted by Gasteiger charge is 2.26. The minimum absolute atomic E-state index is 0.303. The highest BCUT2D eigenvalue weighted by Crippen LogP contribution is 2.35. The Labute approximate surface area is 109 Å². The van der Waals surface area contributed by atoms with Gasteiger partial charge in [-0.05, 0) is 37.0 Å². The van der Waals surface area contributed by atoms with E-state index < -0.39 is 0 Å². The van der Waals surface area contributed by atoms with E-state index in [1.165, 1.54) is 16.5 Å². The molecule has 0 unspecified atom stereocenters. The van der Waals surface area contributed by atoms with E-state index in [0.717, 1.165) is 5.52 Å². The number of nitrogens with zero attached hydrogens (tertiary/aromatic N) is 1. The number of fused-ring (bicyclic) bond motifs is 1. The van der Waals surface area contributed by atoms with Crippen molar-refractivity contribution < 1.29 is 4.74 Å². The van der Waals surface area contributed by atoms with Gasteiger partial charge in [-0.3, -0.25) is 4.98 Å². The van der Waals surface area contributed by atoms with E-state index in [-0.39, 0.29) is 5.60 Å². The number of aromatic nitrogens is 1. The van der Waals surface area contributed by atoms with Crippen molar-refractivity contribution in [1.82, 2.24) is 4.98 Å². The van der Waals surface area contributed by atoms with Gasteiger partial charge in [-0.1, -0.05) is 32.0 Å². The molecule has 0 fully saturated rings. The number of rotatable bonds is 3. The average molecular weight is 243 g/mol. The predicted molar refractivity (Wildman–Crippen MR) is 75.9 cm³/mol. The number of pyridine rings is 1. The quantitative estimate of drug-likeness (QED) is 0.804. The molecule has 0 aliphatic carbocycles. The van der Waals surface area contributed by atoms with Gasteiger partial charge in [0.2, 0.25) is 0 Å². The third-order valence-electron chi connectivity index (χ3n) is 3.54. The third kappa shape index (κ3) is 2.13. The van der Waals surface area contributed by atoms with Gasteiger partial charge in [-0.2, -0.15) is 0 Å². The lowest BCUT2D eigenvalue weighted by atomic mass is 9.86. The second-order valence-corrected chi connectivity index (χ2v) is 5.47. The first-order valence-electron chi connectivity index (χ1n) is 6.40. The van der Waals surface area contributed by atoms with Crippen molar-refractivity contribution in [2.75, 3.05) is 7.11 Å². The van der Waals surface area contributed by atoms with Crippen molar-refractivity contribution >= 4 is 10.9 Å². The van der Waals surface area contributed by atoms with E-state index in [1.54, 1.807) is 7.11 Å². The topological polar surface area (TPSA) is 22.1 Å². The zero-order valence-corrected chi connectivity index (χ0v) is 11.8. The summed E-state index contributed by atoms with van der Waals surface area (Å²) in [5.41, 5.74) is 3.25. The van der Waals surface area contributed by atoms with Gasteiger partial charge < -0.3 is 4.74 Å². The molecule has 0 aliphatic heterocycles. The van der Waals surface area contributed by atoms with Crippen LogP contribution in [0.15, 0.2) is 30.5 Å². The highest BCUT2D eigenvalue weighted by atomic mass is 16.5.